The monoisotopic (exact) mass is 420 g/mol. The zero-order valence-electron chi connectivity index (χ0n) is 20.5. The van der Waals surface area contributed by atoms with Gasteiger partial charge in [-0.25, -0.2) is 0 Å². The van der Waals surface area contributed by atoms with Crippen LogP contribution in [0.2, 0.25) is 0 Å². The van der Waals surface area contributed by atoms with E-state index >= 15 is 0 Å². The SMILES string of the molecule is CCCCC1CCC(C2CCC(c3ccc(C4C=CC(CCC)CC4)cc3)CC2)CC1. The number of hydrogen-bond acceptors (Lipinski definition) is 0. The molecule has 2 atom stereocenters. The Hall–Kier alpha value is -1.04. The van der Waals surface area contributed by atoms with E-state index in [1.807, 2.05) is 0 Å². The van der Waals surface area contributed by atoms with Gasteiger partial charge in [-0.1, -0.05) is 88.8 Å². The molecule has 2 saturated carbocycles. The predicted molar refractivity (Wildman–Crippen MR) is 136 cm³/mol. The van der Waals surface area contributed by atoms with Crippen molar-refractivity contribution in [2.75, 3.05) is 0 Å². The molecule has 0 heteroatoms. The Balaban J connectivity index is 1.23. The van der Waals surface area contributed by atoms with E-state index in [1.165, 1.54) is 96.3 Å². The molecule has 0 spiro atoms. The van der Waals surface area contributed by atoms with Crippen LogP contribution in [0.3, 0.4) is 0 Å². The van der Waals surface area contributed by atoms with E-state index in [2.05, 4.69) is 50.3 Å². The molecule has 4 rings (SSSR count). The lowest BCUT2D eigenvalue weighted by Crippen LogP contribution is -2.25. The molecule has 1 aromatic carbocycles. The van der Waals surface area contributed by atoms with Crippen molar-refractivity contribution in [1.29, 1.82) is 0 Å². The third kappa shape index (κ3) is 6.27. The minimum absolute atomic E-state index is 0.658. The Morgan fingerprint density at radius 2 is 1.26 bits per heavy atom. The van der Waals surface area contributed by atoms with Gasteiger partial charge in [0.25, 0.3) is 0 Å². The molecule has 0 radical (unpaired) electrons. The highest BCUT2D eigenvalue weighted by Gasteiger charge is 2.31. The maximum absolute atomic E-state index is 2.50. The van der Waals surface area contributed by atoms with E-state index < -0.39 is 0 Å². The molecule has 0 amide bonds. The topological polar surface area (TPSA) is 0 Å². The van der Waals surface area contributed by atoms with Gasteiger partial charge in [0.15, 0.2) is 0 Å². The second kappa shape index (κ2) is 11.7. The van der Waals surface area contributed by atoms with Gasteiger partial charge in [0, 0.05) is 5.92 Å². The fourth-order valence-electron chi connectivity index (χ4n) is 7.15. The lowest BCUT2D eigenvalue weighted by molar-refractivity contribution is 0.156. The quantitative estimate of drug-likeness (QED) is 0.367. The summed E-state index contributed by atoms with van der Waals surface area (Å²) in [5.41, 5.74) is 3.16. The van der Waals surface area contributed by atoms with Crippen LogP contribution in [0.25, 0.3) is 0 Å². The Morgan fingerprint density at radius 3 is 1.84 bits per heavy atom. The lowest BCUT2D eigenvalue weighted by atomic mass is 9.68. The van der Waals surface area contributed by atoms with Crippen LogP contribution in [-0.4, -0.2) is 0 Å². The van der Waals surface area contributed by atoms with Crippen LogP contribution in [-0.2, 0) is 0 Å². The number of unbranched alkanes of at least 4 members (excludes halogenated alkanes) is 1. The van der Waals surface area contributed by atoms with Gasteiger partial charge in [-0.15, -0.1) is 0 Å². The normalized spacial score (nSPS) is 34.0. The van der Waals surface area contributed by atoms with Crippen molar-refractivity contribution in [3.05, 3.63) is 47.5 Å². The van der Waals surface area contributed by atoms with Gasteiger partial charge in [0.2, 0.25) is 0 Å². The summed E-state index contributed by atoms with van der Waals surface area (Å²) in [6, 6.07) is 9.86. The molecule has 0 aliphatic heterocycles. The fraction of sp³-hybridized carbons (Fsp3) is 0.742. The number of rotatable bonds is 8. The van der Waals surface area contributed by atoms with Crippen molar-refractivity contribution in [1.82, 2.24) is 0 Å². The third-order valence-electron chi connectivity index (χ3n) is 9.26. The Morgan fingerprint density at radius 1 is 0.613 bits per heavy atom. The van der Waals surface area contributed by atoms with Crippen LogP contribution in [0.1, 0.15) is 133 Å². The molecule has 3 aliphatic carbocycles. The second-order valence-electron chi connectivity index (χ2n) is 11.3. The molecule has 0 bridgehead atoms. The molecule has 0 aromatic heterocycles. The number of hydrogen-bond donors (Lipinski definition) is 0. The predicted octanol–water partition coefficient (Wildman–Crippen LogP) is 9.81. The zero-order valence-corrected chi connectivity index (χ0v) is 20.5. The molecular formula is C31H48. The maximum Gasteiger partial charge on any atom is 0.00182 e. The Bertz CT molecular complexity index is 652. The average molecular weight is 421 g/mol. The second-order valence-corrected chi connectivity index (χ2v) is 11.3. The van der Waals surface area contributed by atoms with E-state index in [4.69, 9.17) is 0 Å². The highest BCUT2D eigenvalue weighted by molar-refractivity contribution is 5.31. The summed E-state index contributed by atoms with van der Waals surface area (Å²) in [6.45, 7) is 4.65. The van der Waals surface area contributed by atoms with Crippen molar-refractivity contribution in [3.63, 3.8) is 0 Å². The van der Waals surface area contributed by atoms with Crippen molar-refractivity contribution in [3.8, 4) is 0 Å². The van der Waals surface area contributed by atoms with Crippen LogP contribution >= 0.6 is 0 Å². The van der Waals surface area contributed by atoms with Gasteiger partial charge in [0.05, 0.1) is 0 Å². The highest BCUT2D eigenvalue weighted by Crippen LogP contribution is 2.44. The summed E-state index contributed by atoms with van der Waals surface area (Å²) >= 11 is 0. The maximum atomic E-state index is 2.50. The third-order valence-corrected chi connectivity index (χ3v) is 9.26. The first kappa shape index (κ1) is 23.1. The van der Waals surface area contributed by atoms with Crippen molar-refractivity contribution < 1.29 is 0 Å². The molecule has 0 nitrogen and oxygen atoms in total. The van der Waals surface area contributed by atoms with Crippen molar-refractivity contribution in [2.45, 2.75) is 122 Å². The Kier molecular flexibility index (Phi) is 8.74. The van der Waals surface area contributed by atoms with Crippen LogP contribution in [0.4, 0.5) is 0 Å². The minimum Gasteiger partial charge on any atom is -0.0848 e. The fourth-order valence-corrected chi connectivity index (χ4v) is 7.15. The summed E-state index contributed by atoms with van der Waals surface area (Å²) in [5.74, 6) is 5.46. The lowest BCUT2D eigenvalue weighted by Gasteiger charge is -2.38. The van der Waals surface area contributed by atoms with Crippen LogP contribution in [0.15, 0.2) is 36.4 Å². The van der Waals surface area contributed by atoms with Gasteiger partial charge in [-0.3, -0.25) is 0 Å². The largest absolute Gasteiger partial charge is 0.0848 e. The number of benzene rings is 1. The first-order valence-corrected chi connectivity index (χ1v) is 14.0. The van der Waals surface area contributed by atoms with Gasteiger partial charge in [-0.05, 0) is 98.5 Å². The molecule has 1 aromatic rings. The standard InChI is InChI=1S/C31H48/c1-3-5-7-25-10-14-27(15-11-25)29-18-22-31(23-19-29)30-20-16-28(17-21-30)26-12-8-24(6-4-2)9-13-26/h8,12,16-17,20-21,24-27,29,31H,3-7,9-11,13-15,18-19,22-23H2,1-2H3. The van der Waals surface area contributed by atoms with Crippen LogP contribution in [0.5, 0.6) is 0 Å². The molecule has 0 N–H and O–H groups in total. The average Bonchev–Trinajstić information content (AvgIpc) is 2.84. The molecule has 0 heterocycles. The number of allylic oxidation sites excluding steroid dienone is 2. The molecule has 2 unspecified atom stereocenters. The zero-order chi connectivity index (χ0) is 21.5. The summed E-state index contributed by atoms with van der Waals surface area (Å²) in [6.07, 6.45) is 26.7. The van der Waals surface area contributed by atoms with Gasteiger partial charge in [0.1, 0.15) is 0 Å². The highest BCUT2D eigenvalue weighted by atomic mass is 14.4. The summed E-state index contributed by atoms with van der Waals surface area (Å²) in [7, 11) is 0. The first-order valence-electron chi connectivity index (χ1n) is 14.0. The first-order chi connectivity index (χ1) is 15.3. The molecule has 0 saturated heterocycles. The minimum atomic E-state index is 0.658. The summed E-state index contributed by atoms with van der Waals surface area (Å²) in [4.78, 5) is 0. The molecule has 3 aliphatic rings. The summed E-state index contributed by atoms with van der Waals surface area (Å²) in [5, 5.41) is 0. The van der Waals surface area contributed by atoms with Gasteiger partial charge < -0.3 is 0 Å². The van der Waals surface area contributed by atoms with Gasteiger partial charge in [-0.2, -0.15) is 0 Å². The molecule has 172 valence electrons. The van der Waals surface area contributed by atoms with Crippen molar-refractivity contribution in [2.24, 2.45) is 23.7 Å². The molecule has 2 fully saturated rings. The smallest absolute Gasteiger partial charge is 0.00182 e. The van der Waals surface area contributed by atoms with E-state index in [-0.39, 0.29) is 0 Å². The van der Waals surface area contributed by atoms with E-state index in [0.29, 0.717) is 5.92 Å². The Labute approximate surface area is 193 Å². The van der Waals surface area contributed by atoms with E-state index in [9.17, 15) is 0 Å². The van der Waals surface area contributed by atoms with Crippen LogP contribution in [0, 0.1) is 23.7 Å². The van der Waals surface area contributed by atoms with Gasteiger partial charge >= 0.3 is 0 Å². The van der Waals surface area contributed by atoms with E-state index in [0.717, 1.165) is 29.6 Å². The van der Waals surface area contributed by atoms with Crippen molar-refractivity contribution >= 4 is 0 Å². The van der Waals surface area contributed by atoms with E-state index in [1.54, 1.807) is 11.1 Å². The molecule has 31 heavy (non-hydrogen) atoms. The van der Waals surface area contributed by atoms with Crippen LogP contribution < -0.4 is 0 Å². The molecular weight excluding hydrogens is 372 g/mol. The summed E-state index contributed by atoms with van der Waals surface area (Å²) < 4.78 is 0.